The van der Waals surface area contributed by atoms with E-state index in [2.05, 4.69) is 28.8 Å². The number of rotatable bonds is 2. The van der Waals surface area contributed by atoms with Crippen LogP contribution in [0.3, 0.4) is 0 Å². The van der Waals surface area contributed by atoms with E-state index in [1.54, 1.807) is 0 Å². The van der Waals surface area contributed by atoms with Gasteiger partial charge in [0.05, 0.1) is 5.52 Å². The third kappa shape index (κ3) is 0.864. The van der Waals surface area contributed by atoms with Crippen LogP contribution >= 0.6 is 0 Å². The number of nitrogens with two attached hydrogens (primary N) is 1. The quantitative estimate of drug-likeness (QED) is 0.633. The van der Waals surface area contributed by atoms with E-state index in [1.807, 2.05) is 0 Å². The zero-order chi connectivity index (χ0) is 8.13. The van der Waals surface area contributed by atoms with Crippen LogP contribution in [0.1, 0.15) is 13.0 Å². The summed E-state index contributed by atoms with van der Waals surface area (Å²) in [5.41, 5.74) is 9.55. The number of nitrogens with zero attached hydrogens (tertiary/aromatic N) is 1. The van der Waals surface area contributed by atoms with Crippen molar-refractivity contribution in [3.8, 4) is 0 Å². The summed E-state index contributed by atoms with van der Waals surface area (Å²) in [4.78, 5) is 0. The first kappa shape index (κ1) is 8.32. The average molecular weight is 174 g/mol. The molecule has 0 fully saturated rings. The Kier molecular flexibility index (Phi) is 1.67. The Morgan fingerprint density at radius 3 is 2.77 bits per heavy atom. The first-order chi connectivity index (χ1) is 5.90. The van der Waals surface area contributed by atoms with Gasteiger partial charge in [0.2, 0.25) is 0 Å². The molecule has 0 aliphatic rings. The van der Waals surface area contributed by atoms with Crippen molar-refractivity contribution in [1.82, 2.24) is 4.40 Å². The SMILES string of the molecule is C.NCCc1cn2c3ccc2c1c3. The first-order valence-corrected chi connectivity index (χ1v) is 4.24. The van der Waals surface area contributed by atoms with Crippen LogP contribution < -0.4 is 5.73 Å². The molecule has 3 aromatic rings. The smallest absolute Gasteiger partial charge is 0.0532 e. The van der Waals surface area contributed by atoms with Gasteiger partial charge in [-0.1, -0.05) is 7.43 Å². The Morgan fingerprint density at radius 2 is 2.15 bits per heavy atom. The van der Waals surface area contributed by atoms with E-state index in [0.29, 0.717) is 0 Å². The first-order valence-electron chi connectivity index (χ1n) is 4.24. The van der Waals surface area contributed by atoms with Crippen molar-refractivity contribution >= 4 is 16.4 Å². The maximum atomic E-state index is 5.52. The standard InChI is InChI=1S/C10H10N2.CH4/c11-4-3-7-6-12-8-1-2-10(12)9(7)5-8;/h1-2,5-6H,3-4,11H2;1H4. The molecule has 68 valence electrons. The topological polar surface area (TPSA) is 30.4 Å². The minimum atomic E-state index is 0. The Hall–Kier alpha value is -1.28. The van der Waals surface area contributed by atoms with Crippen LogP contribution in [-0.4, -0.2) is 10.9 Å². The second kappa shape index (κ2) is 2.60. The molecule has 0 aliphatic carbocycles. The van der Waals surface area contributed by atoms with Crippen LogP contribution in [0.25, 0.3) is 16.4 Å². The number of pyridine rings is 1. The highest BCUT2D eigenvalue weighted by Crippen LogP contribution is 2.29. The van der Waals surface area contributed by atoms with Crippen molar-refractivity contribution < 1.29 is 0 Å². The molecule has 0 aromatic carbocycles. The van der Waals surface area contributed by atoms with Crippen molar-refractivity contribution in [3.05, 3.63) is 30.0 Å². The van der Waals surface area contributed by atoms with Crippen molar-refractivity contribution in [2.75, 3.05) is 6.54 Å². The maximum absolute atomic E-state index is 5.52. The van der Waals surface area contributed by atoms with Crippen molar-refractivity contribution in [2.45, 2.75) is 13.8 Å². The largest absolute Gasteiger partial charge is 0.330 e. The molecule has 0 atom stereocenters. The second-order valence-electron chi connectivity index (χ2n) is 3.26. The Bertz CT molecular complexity index is 495. The third-order valence-corrected chi connectivity index (χ3v) is 2.56. The molecule has 0 saturated heterocycles. The Balaban J connectivity index is 0.000000653. The van der Waals surface area contributed by atoms with Crippen molar-refractivity contribution in [3.63, 3.8) is 0 Å². The highest BCUT2D eigenvalue weighted by molar-refractivity contribution is 5.94. The fraction of sp³-hybridized carbons (Fsp3) is 0.273. The van der Waals surface area contributed by atoms with Gasteiger partial charge in [-0.25, -0.2) is 0 Å². The van der Waals surface area contributed by atoms with E-state index < -0.39 is 0 Å². The zero-order valence-corrected chi connectivity index (χ0v) is 6.75. The molecule has 0 saturated carbocycles. The van der Waals surface area contributed by atoms with Crippen LogP contribution in [0.2, 0.25) is 0 Å². The summed E-state index contributed by atoms with van der Waals surface area (Å²) >= 11 is 0. The fourth-order valence-corrected chi connectivity index (χ4v) is 2.00. The highest BCUT2D eigenvalue weighted by Gasteiger charge is 2.11. The van der Waals surface area contributed by atoms with E-state index in [4.69, 9.17) is 5.73 Å². The van der Waals surface area contributed by atoms with E-state index in [9.17, 15) is 0 Å². The molecule has 0 amide bonds. The van der Waals surface area contributed by atoms with Gasteiger partial charge in [-0.3, -0.25) is 0 Å². The summed E-state index contributed by atoms with van der Waals surface area (Å²) in [7, 11) is 0. The summed E-state index contributed by atoms with van der Waals surface area (Å²) in [5.74, 6) is 0. The molecular weight excluding hydrogens is 160 g/mol. The van der Waals surface area contributed by atoms with Crippen LogP contribution in [0.15, 0.2) is 24.4 Å². The lowest BCUT2D eigenvalue weighted by atomic mass is 10.1. The molecule has 3 rings (SSSR count). The van der Waals surface area contributed by atoms with E-state index in [1.165, 1.54) is 22.0 Å². The summed E-state index contributed by atoms with van der Waals surface area (Å²) in [6, 6.07) is 6.56. The number of aromatic nitrogens is 1. The molecule has 0 unspecified atom stereocenters. The van der Waals surface area contributed by atoms with Crippen LogP contribution in [0.5, 0.6) is 0 Å². The third-order valence-electron chi connectivity index (χ3n) is 2.56. The predicted octanol–water partition coefficient (Wildman–Crippen LogP) is 2.11. The molecule has 13 heavy (non-hydrogen) atoms. The second-order valence-corrected chi connectivity index (χ2v) is 3.26. The molecule has 2 nitrogen and oxygen atoms in total. The lowest BCUT2D eigenvalue weighted by Crippen LogP contribution is -2.02. The summed E-state index contributed by atoms with van der Waals surface area (Å²) in [5, 5.41) is 1.39. The normalized spacial score (nSPS) is 11.5. The van der Waals surface area contributed by atoms with Gasteiger partial charge in [0.15, 0.2) is 0 Å². The minimum absolute atomic E-state index is 0. The highest BCUT2D eigenvalue weighted by atomic mass is 14.9. The number of hydrogen-bond donors (Lipinski definition) is 1. The van der Waals surface area contributed by atoms with Gasteiger partial charge < -0.3 is 10.1 Å². The molecule has 4 bridgehead atoms. The minimum Gasteiger partial charge on any atom is -0.330 e. The van der Waals surface area contributed by atoms with E-state index >= 15 is 0 Å². The maximum Gasteiger partial charge on any atom is 0.0532 e. The zero-order valence-electron chi connectivity index (χ0n) is 6.75. The molecule has 2 N–H and O–H groups in total. The molecule has 0 aliphatic heterocycles. The average Bonchev–Trinajstić information content (AvgIpc) is 2.70. The van der Waals surface area contributed by atoms with E-state index in [0.717, 1.165) is 13.0 Å². The summed E-state index contributed by atoms with van der Waals surface area (Å²) in [6.07, 6.45) is 3.19. The molecule has 2 heteroatoms. The van der Waals surface area contributed by atoms with Crippen molar-refractivity contribution in [1.29, 1.82) is 0 Å². The fourth-order valence-electron chi connectivity index (χ4n) is 2.00. The van der Waals surface area contributed by atoms with Gasteiger partial charge in [-0.05, 0) is 36.7 Å². The molecule has 0 radical (unpaired) electrons. The van der Waals surface area contributed by atoms with Gasteiger partial charge in [0.25, 0.3) is 0 Å². The lowest BCUT2D eigenvalue weighted by Gasteiger charge is -1.95. The predicted molar refractivity (Wildman–Crippen MR) is 56.8 cm³/mol. The van der Waals surface area contributed by atoms with Gasteiger partial charge >= 0.3 is 0 Å². The summed E-state index contributed by atoms with van der Waals surface area (Å²) < 4.78 is 2.24. The molecule has 0 spiro atoms. The Morgan fingerprint density at radius 1 is 1.31 bits per heavy atom. The van der Waals surface area contributed by atoms with Gasteiger partial charge in [0.1, 0.15) is 0 Å². The van der Waals surface area contributed by atoms with Crippen LogP contribution in [0, 0.1) is 0 Å². The van der Waals surface area contributed by atoms with Gasteiger partial charge in [0, 0.05) is 17.1 Å². The monoisotopic (exact) mass is 174 g/mol. The number of hydrogen-bond acceptors (Lipinski definition) is 1. The van der Waals surface area contributed by atoms with E-state index in [-0.39, 0.29) is 7.43 Å². The van der Waals surface area contributed by atoms with Crippen LogP contribution in [0.4, 0.5) is 0 Å². The molecular formula is C11H14N2. The van der Waals surface area contributed by atoms with Crippen LogP contribution in [-0.2, 0) is 6.42 Å². The lowest BCUT2D eigenvalue weighted by molar-refractivity contribution is 0.972. The molecule has 3 heterocycles. The van der Waals surface area contributed by atoms with Gasteiger partial charge in [-0.2, -0.15) is 0 Å². The summed E-state index contributed by atoms with van der Waals surface area (Å²) in [6.45, 7) is 0.739. The molecule has 3 aromatic heterocycles. The van der Waals surface area contributed by atoms with Gasteiger partial charge in [-0.15, -0.1) is 0 Å². The van der Waals surface area contributed by atoms with Crippen molar-refractivity contribution in [2.24, 2.45) is 5.73 Å². The number of benzene rings is 1. The Labute approximate surface area is 77.6 Å².